The molecule has 1 aromatic heterocycles. The zero-order valence-electron chi connectivity index (χ0n) is 9.49. The molecule has 0 fully saturated rings. The second kappa shape index (κ2) is 4.84. The Balaban J connectivity index is 2.20. The second-order valence-electron chi connectivity index (χ2n) is 4.28. The molecule has 1 heterocycles. The molecule has 0 aliphatic rings. The predicted molar refractivity (Wildman–Crippen MR) is 63.1 cm³/mol. The van der Waals surface area contributed by atoms with Crippen LogP contribution in [0.25, 0.3) is 0 Å². The maximum Gasteiger partial charge on any atom is 0.124 e. The highest BCUT2D eigenvalue weighted by molar-refractivity contribution is 8.32. The number of aromatic nitrogens is 2. The number of imidazole rings is 1. The highest BCUT2D eigenvalue weighted by Gasteiger charge is 2.03. The molecule has 0 atom stereocenters. The molecule has 0 N–H and O–H groups in total. The van der Waals surface area contributed by atoms with Gasteiger partial charge in [0.25, 0.3) is 0 Å². The Morgan fingerprint density at radius 2 is 2.14 bits per heavy atom. The Labute approximate surface area is 87.8 Å². The van der Waals surface area contributed by atoms with Crippen molar-refractivity contribution in [2.45, 2.75) is 13.7 Å². The lowest BCUT2D eigenvalue weighted by Crippen LogP contribution is -2.10. The summed E-state index contributed by atoms with van der Waals surface area (Å²) in [7, 11) is -0.425. The highest BCUT2D eigenvalue weighted by atomic mass is 32.3. The Hall–Kier alpha value is -0.480. The first-order valence-electron chi connectivity index (χ1n) is 4.70. The van der Waals surface area contributed by atoms with E-state index in [4.69, 9.17) is 4.74 Å². The minimum atomic E-state index is -0.425. The fourth-order valence-corrected chi connectivity index (χ4v) is 1.63. The van der Waals surface area contributed by atoms with E-state index in [0.717, 1.165) is 12.4 Å². The van der Waals surface area contributed by atoms with Gasteiger partial charge in [0.2, 0.25) is 0 Å². The van der Waals surface area contributed by atoms with Gasteiger partial charge < -0.3 is 9.30 Å². The first-order valence-corrected chi connectivity index (χ1v) is 7.73. The van der Waals surface area contributed by atoms with Crippen molar-refractivity contribution in [3.8, 4) is 0 Å². The molecule has 0 spiro atoms. The summed E-state index contributed by atoms with van der Waals surface area (Å²) in [6.07, 6.45) is 10.7. The van der Waals surface area contributed by atoms with Crippen LogP contribution in [-0.4, -0.2) is 40.7 Å². The van der Waals surface area contributed by atoms with Gasteiger partial charge in [0.15, 0.2) is 0 Å². The molecule has 3 nitrogen and oxygen atoms in total. The molecule has 82 valence electrons. The minimum absolute atomic E-state index is 0.425. The lowest BCUT2D eigenvalue weighted by molar-refractivity contribution is 0.0882. The SMILES string of the molecule is Cc1nccn1COCCS(C)(C)C. The summed E-state index contributed by atoms with van der Waals surface area (Å²) in [6, 6.07) is 0. The number of ether oxygens (including phenoxy) is 1. The molecule has 0 aliphatic heterocycles. The first kappa shape index (κ1) is 11.6. The van der Waals surface area contributed by atoms with Crippen LogP contribution in [0, 0.1) is 6.92 Å². The Morgan fingerprint density at radius 3 is 2.64 bits per heavy atom. The quantitative estimate of drug-likeness (QED) is 0.702. The third kappa shape index (κ3) is 4.15. The molecule has 0 saturated heterocycles. The lowest BCUT2D eigenvalue weighted by atomic mass is 10.7. The van der Waals surface area contributed by atoms with Crippen molar-refractivity contribution < 1.29 is 4.74 Å². The van der Waals surface area contributed by atoms with Gasteiger partial charge in [-0.1, -0.05) is 0 Å². The second-order valence-corrected chi connectivity index (χ2v) is 8.87. The van der Waals surface area contributed by atoms with Crippen LogP contribution in [0.5, 0.6) is 0 Å². The topological polar surface area (TPSA) is 27.1 Å². The Bertz CT molecular complexity index is 278. The summed E-state index contributed by atoms with van der Waals surface area (Å²) in [5.74, 6) is 2.17. The summed E-state index contributed by atoms with van der Waals surface area (Å²) in [4.78, 5) is 4.13. The smallest absolute Gasteiger partial charge is 0.124 e. The van der Waals surface area contributed by atoms with Crippen molar-refractivity contribution in [3.05, 3.63) is 18.2 Å². The third-order valence-corrected chi connectivity index (χ3v) is 3.39. The summed E-state index contributed by atoms with van der Waals surface area (Å²) >= 11 is 0. The van der Waals surface area contributed by atoms with Gasteiger partial charge in [-0.3, -0.25) is 0 Å². The van der Waals surface area contributed by atoms with Gasteiger partial charge in [-0.2, -0.15) is 0 Å². The number of rotatable bonds is 5. The van der Waals surface area contributed by atoms with Crippen LogP contribution in [0.4, 0.5) is 0 Å². The molecule has 0 amide bonds. The highest BCUT2D eigenvalue weighted by Crippen LogP contribution is 2.33. The van der Waals surface area contributed by atoms with Crippen molar-refractivity contribution >= 4 is 10.0 Å². The molecule has 1 aromatic rings. The van der Waals surface area contributed by atoms with Crippen LogP contribution >= 0.6 is 10.0 Å². The monoisotopic (exact) mass is 216 g/mol. The van der Waals surface area contributed by atoms with E-state index < -0.39 is 10.0 Å². The van der Waals surface area contributed by atoms with E-state index in [0.29, 0.717) is 6.73 Å². The molecular weight excluding hydrogens is 196 g/mol. The summed E-state index contributed by atoms with van der Waals surface area (Å²) < 4.78 is 7.59. The van der Waals surface area contributed by atoms with Crippen LogP contribution in [0.1, 0.15) is 5.82 Å². The van der Waals surface area contributed by atoms with E-state index in [-0.39, 0.29) is 0 Å². The van der Waals surface area contributed by atoms with Crippen molar-refractivity contribution in [3.63, 3.8) is 0 Å². The Kier molecular flexibility index (Phi) is 4.01. The van der Waals surface area contributed by atoms with Crippen LogP contribution in [0.2, 0.25) is 0 Å². The van der Waals surface area contributed by atoms with Crippen molar-refractivity contribution in [1.29, 1.82) is 0 Å². The van der Waals surface area contributed by atoms with Crippen LogP contribution in [0.3, 0.4) is 0 Å². The summed E-state index contributed by atoms with van der Waals surface area (Å²) in [5, 5.41) is 0. The van der Waals surface area contributed by atoms with E-state index >= 15 is 0 Å². The van der Waals surface area contributed by atoms with Gasteiger partial charge in [-0.05, 0) is 25.7 Å². The maximum absolute atomic E-state index is 5.58. The third-order valence-electron chi connectivity index (χ3n) is 1.99. The van der Waals surface area contributed by atoms with Crippen LogP contribution in [-0.2, 0) is 11.5 Å². The zero-order chi connectivity index (χ0) is 10.6. The number of hydrogen-bond acceptors (Lipinski definition) is 2. The van der Waals surface area contributed by atoms with Crippen LogP contribution < -0.4 is 0 Å². The van der Waals surface area contributed by atoms with Gasteiger partial charge in [0.1, 0.15) is 12.6 Å². The average Bonchev–Trinajstić information content (AvgIpc) is 2.44. The van der Waals surface area contributed by atoms with Gasteiger partial charge in [0.05, 0.1) is 6.61 Å². The molecule has 0 aliphatic carbocycles. The molecule has 0 bridgehead atoms. The van der Waals surface area contributed by atoms with Gasteiger partial charge in [-0.25, -0.2) is 15.0 Å². The van der Waals surface area contributed by atoms with Gasteiger partial charge in [0, 0.05) is 18.1 Å². The predicted octanol–water partition coefficient (Wildman–Crippen LogP) is 1.86. The normalized spacial score (nSPS) is 13.1. The minimum Gasteiger partial charge on any atom is -0.360 e. The summed E-state index contributed by atoms with van der Waals surface area (Å²) in [5.41, 5.74) is 0. The molecule has 0 saturated carbocycles. The maximum atomic E-state index is 5.58. The molecule has 1 rings (SSSR count). The van der Waals surface area contributed by atoms with Gasteiger partial charge >= 0.3 is 0 Å². The van der Waals surface area contributed by atoms with E-state index in [2.05, 4.69) is 23.8 Å². The van der Waals surface area contributed by atoms with E-state index in [1.54, 1.807) is 6.20 Å². The van der Waals surface area contributed by atoms with E-state index in [1.165, 1.54) is 5.75 Å². The van der Waals surface area contributed by atoms with Gasteiger partial charge in [-0.15, -0.1) is 0 Å². The van der Waals surface area contributed by atoms with E-state index in [9.17, 15) is 0 Å². The Morgan fingerprint density at radius 1 is 1.43 bits per heavy atom. The zero-order valence-corrected chi connectivity index (χ0v) is 10.3. The largest absolute Gasteiger partial charge is 0.360 e. The molecule has 0 aromatic carbocycles. The average molecular weight is 216 g/mol. The molecular formula is C10H20N2OS. The summed E-state index contributed by atoms with van der Waals surface area (Å²) in [6.45, 7) is 3.45. The van der Waals surface area contributed by atoms with Crippen LogP contribution in [0.15, 0.2) is 12.4 Å². The standard InChI is InChI=1S/C10H20N2OS/c1-10-11-5-6-12(10)9-13-7-8-14(2,3)4/h5-6H,7-9H2,1-4H3. The van der Waals surface area contributed by atoms with E-state index in [1.807, 2.05) is 17.7 Å². The van der Waals surface area contributed by atoms with Crippen molar-refractivity contribution in [1.82, 2.24) is 9.55 Å². The number of hydrogen-bond donors (Lipinski definition) is 0. The molecule has 14 heavy (non-hydrogen) atoms. The fourth-order valence-electron chi connectivity index (χ4n) is 1.01. The lowest BCUT2D eigenvalue weighted by Gasteiger charge is -2.24. The first-order chi connectivity index (χ1) is 6.49. The van der Waals surface area contributed by atoms with Crippen molar-refractivity contribution in [2.75, 3.05) is 31.1 Å². The number of nitrogens with zero attached hydrogens (tertiary/aromatic N) is 2. The molecule has 0 radical (unpaired) electrons. The fraction of sp³-hybridized carbons (Fsp3) is 0.700. The van der Waals surface area contributed by atoms with Crippen molar-refractivity contribution in [2.24, 2.45) is 0 Å². The molecule has 4 heteroatoms. The molecule has 0 unspecified atom stereocenters. The number of aryl methyl sites for hydroxylation is 1.